The van der Waals surface area contributed by atoms with Crippen LogP contribution < -0.4 is 10.6 Å². The molecular formula is C62H46N2O13. The second-order valence-electron chi connectivity index (χ2n) is 18.2. The van der Waals surface area contributed by atoms with E-state index in [1.807, 2.05) is 36.4 Å². The first kappa shape index (κ1) is 52.9. The van der Waals surface area contributed by atoms with Crippen LogP contribution >= 0.6 is 0 Å². The largest absolute Gasteiger partial charge is 0.478 e. The van der Waals surface area contributed by atoms with Gasteiger partial charge in [0.1, 0.15) is 0 Å². The molecule has 0 atom stereocenters. The summed E-state index contributed by atoms with van der Waals surface area (Å²) in [7, 11) is 0. The lowest BCUT2D eigenvalue weighted by atomic mass is 9.92. The monoisotopic (exact) mass is 1030 g/mol. The summed E-state index contributed by atoms with van der Waals surface area (Å²) in [6.45, 7) is 1.76. The molecule has 8 aromatic carbocycles. The molecule has 15 heteroatoms. The number of anilines is 2. The summed E-state index contributed by atoms with van der Waals surface area (Å²) in [5, 5.41) is 44.5. The fraction of sp³-hybridized carbons (Fsp3) is 0.0806. The van der Waals surface area contributed by atoms with Crippen molar-refractivity contribution in [3.05, 3.63) is 271 Å². The Balaban J connectivity index is 0.877. The number of aryl methyl sites for hydroxylation is 1. The number of nitrogens with one attached hydrogen (secondary N) is 2. The molecule has 0 bridgehead atoms. The van der Waals surface area contributed by atoms with Crippen molar-refractivity contribution in [2.45, 2.75) is 32.6 Å². The molecule has 0 saturated heterocycles. The average molecular weight is 1030 g/mol. The van der Waals surface area contributed by atoms with Crippen molar-refractivity contribution in [2.75, 3.05) is 10.6 Å². The first-order chi connectivity index (χ1) is 36.9. The van der Waals surface area contributed by atoms with Crippen LogP contribution in [0.15, 0.2) is 176 Å². The van der Waals surface area contributed by atoms with Gasteiger partial charge in [-0.3, -0.25) is 24.0 Å². The van der Waals surface area contributed by atoms with Crippen LogP contribution in [-0.2, 0) is 25.7 Å². The summed E-state index contributed by atoms with van der Waals surface area (Å²) < 4.78 is 0. The molecule has 382 valence electrons. The Kier molecular flexibility index (Phi) is 15.9. The molecule has 0 aliphatic rings. The van der Waals surface area contributed by atoms with E-state index in [0.717, 1.165) is 51.6 Å². The maximum atomic E-state index is 13.9. The van der Waals surface area contributed by atoms with E-state index < -0.39 is 52.8 Å². The van der Waals surface area contributed by atoms with Crippen molar-refractivity contribution >= 4 is 64.4 Å². The van der Waals surface area contributed by atoms with Gasteiger partial charge in [0.05, 0.1) is 33.4 Å². The van der Waals surface area contributed by atoms with E-state index >= 15 is 0 Å². The maximum Gasteiger partial charge on any atom is 0.336 e. The van der Waals surface area contributed by atoms with Crippen molar-refractivity contribution < 1.29 is 63.6 Å². The summed E-state index contributed by atoms with van der Waals surface area (Å²) in [4.78, 5) is 115. The first-order valence-electron chi connectivity index (χ1n) is 23.9. The number of Topliss-reactive ketones (excluding diaryl/α,β-unsaturated/α-hetero) is 2. The third kappa shape index (κ3) is 12.9. The molecule has 8 aromatic rings. The molecule has 0 aromatic heterocycles. The van der Waals surface area contributed by atoms with Gasteiger partial charge in [-0.15, -0.1) is 0 Å². The Bertz CT molecular complexity index is 3680. The minimum Gasteiger partial charge on any atom is -0.478 e. The number of aromatic carboxylic acids is 4. The third-order valence-corrected chi connectivity index (χ3v) is 12.7. The summed E-state index contributed by atoms with van der Waals surface area (Å²) in [5.74, 6) is -8.20. The highest BCUT2D eigenvalue weighted by atomic mass is 16.4. The lowest BCUT2D eigenvalue weighted by Crippen LogP contribution is -2.18. The molecule has 0 spiro atoms. The van der Waals surface area contributed by atoms with Gasteiger partial charge >= 0.3 is 23.9 Å². The van der Waals surface area contributed by atoms with E-state index in [-0.39, 0.29) is 68.7 Å². The molecule has 0 fully saturated rings. The van der Waals surface area contributed by atoms with Crippen LogP contribution in [0.2, 0.25) is 0 Å². The summed E-state index contributed by atoms with van der Waals surface area (Å²) in [5.41, 5.74) is 4.98. The van der Waals surface area contributed by atoms with Gasteiger partial charge in [0.2, 0.25) is 0 Å². The van der Waals surface area contributed by atoms with Gasteiger partial charge in [-0.05, 0) is 120 Å². The van der Waals surface area contributed by atoms with Gasteiger partial charge in [0.25, 0.3) is 11.8 Å². The van der Waals surface area contributed by atoms with Crippen LogP contribution in [0.3, 0.4) is 0 Å². The van der Waals surface area contributed by atoms with Crippen molar-refractivity contribution in [3.63, 3.8) is 0 Å². The lowest BCUT2D eigenvalue weighted by Gasteiger charge is -2.12. The van der Waals surface area contributed by atoms with Crippen molar-refractivity contribution in [1.82, 2.24) is 0 Å². The fourth-order valence-electron chi connectivity index (χ4n) is 8.67. The van der Waals surface area contributed by atoms with Crippen molar-refractivity contribution in [3.8, 4) is 0 Å². The topological polar surface area (TPSA) is 259 Å². The van der Waals surface area contributed by atoms with Gasteiger partial charge in [-0.2, -0.15) is 0 Å². The molecule has 0 heterocycles. The molecule has 6 N–H and O–H groups in total. The number of hydrogen-bond acceptors (Lipinski definition) is 9. The SMILES string of the molecule is Cc1ccc(C(=O)Cc2ccc(Cc3ccc(CC(=O)c4cc(C(=O)c5ccc(C(=O)Nc6ccc(Cc7ccc(NC(=O)c8ccccc8C(=O)O)cc7)cc6)c(C(=O)O)c5)ccc4C(=O)O)cc3)cc2)c(C(=O)O)c1. The van der Waals surface area contributed by atoms with Gasteiger partial charge in [0, 0.05) is 46.5 Å². The van der Waals surface area contributed by atoms with Crippen LogP contribution in [0, 0.1) is 6.92 Å². The average Bonchev–Trinajstić information content (AvgIpc) is 3.43. The predicted molar refractivity (Wildman–Crippen MR) is 285 cm³/mol. The highest BCUT2D eigenvalue weighted by Gasteiger charge is 2.24. The zero-order valence-corrected chi connectivity index (χ0v) is 41.0. The molecule has 0 aliphatic heterocycles. The van der Waals surface area contributed by atoms with Crippen LogP contribution in [0.1, 0.15) is 138 Å². The zero-order chi connectivity index (χ0) is 54.9. The van der Waals surface area contributed by atoms with E-state index in [1.165, 1.54) is 48.5 Å². The Hall–Kier alpha value is -10.4. The Morgan fingerprint density at radius 1 is 0.338 bits per heavy atom. The first-order valence-corrected chi connectivity index (χ1v) is 23.9. The van der Waals surface area contributed by atoms with Gasteiger partial charge in [-0.25, -0.2) is 19.2 Å². The van der Waals surface area contributed by atoms with E-state index in [9.17, 15) is 63.6 Å². The van der Waals surface area contributed by atoms with E-state index in [2.05, 4.69) is 10.6 Å². The lowest BCUT2D eigenvalue weighted by molar-refractivity contribution is 0.0683. The number of hydrogen-bond donors (Lipinski definition) is 6. The Morgan fingerprint density at radius 2 is 0.675 bits per heavy atom. The van der Waals surface area contributed by atoms with Gasteiger partial charge < -0.3 is 31.1 Å². The summed E-state index contributed by atoms with van der Waals surface area (Å²) in [6, 6.07) is 45.9. The Morgan fingerprint density at radius 3 is 1.13 bits per heavy atom. The second-order valence-corrected chi connectivity index (χ2v) is 18.2. The second kappa shape index (κ2) is 23.2. The van der Waals surface area contributed by atoms with Crippen molar-refractivity contribution in [2.24, 2.45) is 0 Å². The van der Waals surface area contributed by atoms with Gasteiger partial charge in [0.15, 0.2) is 17.3 Å². The van der Waals surface area contributed by atoms with Crippen LogP contribution in [-0.4, -0.2) is 73.5 Å². The van der Waals surface area contributed by atoms with E-state index in [1.54, 1.807) is 79.7 Å². The number of carbonyl (C=O) groups excluding carboxylic acids is 5. The van der Waals surface area contributed by atoms with Crippen LogP contribution in [0.25, 0.3) is 0 Å². The maximum absolute atomic E-state index is 13.9. The standard InChI is InChI=1S/C62H46N2O13/c1-35-6-25-46(52(28-35)61(74)75)54(65)31-40-11-7-36(8-12-40)29-37-9-13-41(14-10-37)32-55(66)51-33-42(20-27-50(51)60(72)73)56(67)43-19-26-48(53(34-43)62(76)77)58(69)64-45-23-17-39(18-24-45)30-38-15-21-44(22-16-38)63-57(68)47-4-2-3-5-49(47)59(70)71/h2-28,33-34H,29-32H2,1H3,(H,63,68)(H,64,69)(H,70,71)(H,72,73)(H,74,75)(H,76,77). The molecule has 8 rings (SSSR count). The highest BCUT2D eigenvalue weighted by molar-refractivity contribution is 6.16. The minimum absolute atomic E-state index is 0.0257. The number of carbonyl (C=O) groups is 9. The molecule has 0 unspecified atom stereocenters. The number of rotatable bonds is 20. The van der Waals surface area contributed by atoms with E-state index in [0.29, 0.717) is 29.8 Å². The van der Waals surface area contributed by atoms with Crippen LogP contribution in [0.4, 0.5) is 11.4 Å². The predicted octanol–water partition coefficient (Wildman–Crippen LogP) is 10.6. The number of benzene rings is 8. The molecule has 2 amide bonds. The van der Waals surface area contributed by atoms with Crippen LogP contribution in [0.5, 0.6) is 0 Å². The van der Waals surface area contributed by atoms with Crippen molar-refractivity contribution in [1.29, 1.82) is 0 Å². The molecular weight excluding hydrogens is 981 g/mol. The smallest absolute Gasteiger partial charge is 0.336 e. The third-order valence-electron chi connectivity index (χ3n) is 12.7. The number of ketones is 3. The Labute approximate surface area is 440 Å². The molecule has 0 aliphatic carbocycles. The minimum atomic E-state index is -1.49. The van der Waals surface area contributed by atoms with E-state index in [4.69, 9.17) is 0 Å². The number of carboxylic acid groups (broad SMARTS) is 4. The van der Waals surface area contributed by atoms with Gasteiger partial charge in [-0.1, -0.05) is 115 Å². The normalized spacial score (nSPS) is 10.8. The molecule has 0 radical (unpaired) electrons. The molecule has 0 saturated carbocycles. The quantitative estimate of drug-likeness (QED) is 0.0389. The number of amides is 2. The number of carboxylic acids is 4. The fourth-order valence-corrected chi connectivity index (χ4v) is 8.67. The summed E-state index contributed by atoms with van der Waals surface area (Å²) in [6.07, 6.45) is 0.824. The summed E-state index contributed by atoms with van der Waals surface area (Å²) >= 11 is 0. The molecule has 15 nitrogen and oxygen atoms in total. The zero-order valence-electron chi connectivity index (χ0n) is 41.0. The highest BCUT2D eigenvalue weighted by Crippen LogP contribution is 2.24. The molecule has 77 heavy (non-hydrogen) atoms.